The highest BCUT2D eigenvalue weighted by molar-refractivity contribution is 5.37. The minimum Gasteiger partial charge on any atom is -0.338 e. The molecule has 0 saturated heterocycles. The summed E-state index contributed by atoms with van der Waals surface area (Å²) in [5, 5.41) is 4.37. The molecule has 1 aliphatic rings. The lowest BCUT2D eigenvalue weighted by Gasteiger charge is -2.26. The second-order valence-electron chi connectivity index (χ2n) is 7.06. The van der Waals surface area contributed by atoms with Crippen LogP contribution in [0.15, 0.2) is 41.7 Å². The van der Waals surface area contributed by atoms with Gasteiger partial charge in [0.25, 0.3) is 5.56 Å². The molecule has 1 aromatic carbocycles. The van der Waals surface area contributed by atoms with Crippen molar-refractivity contribution in [3.63, 3.8) is 0 Å². The van der Waals surface area contributed by atoms with Crippen LogP contribution in [0.4, 0.5) is 0 Å². The predicted octanol–water partition coefficient (Wildman–Crippen LogP) is 2.86. The van der Waals surface area contributed by atoms with Crippen molar-refractivity contribution in [1.82, 2.24) is 19.3 Å². The lowest BCUT2D eigenvalue weighted by Crippen LogP contribution is -2.30. The molecular weight excluding hydrogens is 312 g/mol. The van der Waals surface area contributed by atoms with Gasteiger partial charge in [-0.2, -0.15) is 9.78 Å². The number of fused-ring (bicyclic) bond motifs is 1. The minimum absolute atomic E-state index is 0.0321. The van der Waals surface area contributed by atoms with Gasteiger partial charge >= 0.3 is 0 Å². The molecule has 0 aliphatic heterocycles. The zero-order valence-corrected chi connectivity index (χ0v) is 14.9. The molecule has 1 aliphatic carbocycles. The first-order valence-electron chi connectivity index (χ1n) is 8.68. The fraction of sp³-hybridized carbons (Fsp3) is 0.350. The van der Waals surface area contributed by atoms with E-state index < -0.39 is 0 Å². The van der Waals surface area contributed by atoms with E-state index in [-0.39, 0.29) is 5.56 Å². The van der Waals surface area contributed by atoms with E-state index in [1.165, 1.54) is 21.4 Å². The quantitative estimate of drug-likeness (QED) is 0.724. The van der Waals surface area contributed by atoms with E-state index in [9.17, 15) is 4.79 Å². The van der Waals surface area contributed by atoms with Crippen molar-refractivity contribution >= 4 is 0 Å². The van der Waals surface area contributed by atoms with Gasteiger partial charge in [0.2, 0.25) is 0 Å². The van der Waals surface area contributed by atoms with Gasteiger partial charge in [0.05, 0.1) is 12.5 Å². The Morgan fingerprint density at radius 3 is 2.80 bits per heavy atom. The molecule has 4 rings (SSSR count). The van der Waals surface area contributed by atoms with Gasteiger partial charge in [-0.1, -0.05) is 23.8 Å². The Labute approximate surface area is 147 Å². The van der Waals surface area contributed by atoms with E-state index in [2.05, 4.69) is 42.1 Å². The molecule has 0 spiro atoms. The van der Waals surface area contributed by atoms with Gasteiger partial charge in [0.15, 0.2) is 5.82 Å². The van der Waals surface area contributed by atoms with Crippen LogP contribution >= 0.6 is 0 Å². The first-order chi connectivity index (χ1) is 12.0. The molecule has 25 heavy (non-hydrogen) atoms. The summed E-state index contributed by atoms with van der Waals surface area (Å²) in [4.78, 5) is 17.1. The summed E-state index contributed by atoms with van der Waals surface area (Å²) in [6, 6.07) is 6.65. The Hall–Kier alpha value is -2.69. The van der Waals surface area contributed by atoms with Gasteiger partial charge in [-0.25, -0.2) is 4.98 Å². The lowest BCUT2D eigenvalue weighted by molar-refractivity contribution is 0.565. The van der Waals surface area contributed by atoms with E-state index in [1.54, 1.807) is 6.33 Å². The van der Waals surface area contributed by atoms with Crippen molar-refractivity contribution in [3.05, 3.63) is 75.1 Å². The number of aryl methyl sites for hydroxylation is 3. The SMILES string of the molecule is Cc1ccc(C2CCc3c(cnn(-c4cn(C)cn4)c3=O)C2)c(C)c1. The van der Waals surface area contributed by atoms with E-state index in [0.29, 0.717) is 11.7 Å². The third-order valence-corrected chi connectivity index (χ3v) is 5.15. The van der Waals surface area contributed by atoms with Crippen molar-refractivity contribution in [2.45, 2.75) is 39.0 Å². The van der Waals surface area contributed by atoms with E-state index in [4.69, 9.17) is 0 Å². The summed E-state index contributed by atoms with van der Waals surface area (Å²) in [5.74, 6) is 1.03. The number of hydrogen-bond acceptors (Lipinski definition) is 3. The van der Waals surface area contributed by atoms with Crippen LogP contribution in [-0.2, 0) is 19.9 Å². The normalized spacial score (nSPS) is 16.7. The number of rotatable bonds is 2. The number of nitrogens with zero attached hydrogens (tertiary/aromatic N) is 4. The fourth-order valence-electron chi connectivity index (χ4n) is 3.87. The predicted molar refractivity (Wildman–Crippen MR) is 97.3 cm³/mol. The summed E-state index contributed by atoms with van der Waals surface area (Å²) < 4.78 is 3.23. The average Bonchev–Trinajstić information content (AvgIpc) is 3.01. The van der Waals surface area contributed by atoms with Crippen molar-refractivity contribution in [2.24, 2.45) is 7.05 Å². The zero-order chi connectivity index (χ0) is 17.6. The Morgan fingerprint density at radius 1 is 1.24 bits per heavy atom. The smallest absolute Gasteiger partial charge is 0.276 e. The highest BCUT2D eigenvalue weighted by Crippen LogP contribution is 2.33. The number of benzene rings is 1. The Morgan fingerprint density at radius 2 is 2.08 bits per heavy atom. The molecule has 1 atom stereocenters. The molecule has 0 saturated carbocycles. The second kappa shape index (κ2) is 5.99. The molecule has 2 heterocycles. The van der Waals surface area contributed by atoms with E-state index >= 15 is 0 Å². The standard InChI is InChI=1S/C20H22N4O/c1-13-4-6-17(14(2)8-13)15-5-7-18-16(9-15)10-22-24(20(18)25)19-11-23(3)12-21-19/h4,6,8,10-12,15H,5,7,9H2,1-3H3. The Kier molecular flexibility index (Phi) is 3.79. The van der Waals surface area contributed by atoms with Crippen LogP contribution < -0.4 is 5.56 Å². The highest BCUT2D eigenvalue weighted by atomic mass is 16.1. The van der Waals surface area contributed by atoms with Gasteiger partial charge in [0.1, 0.15) is 0 Å². The molecule has 1 unspecified atom stereocenters. The highest BCUT2D eigenvalue weighted by Gasteiger charge is 2.25. The van der Waals surface area contributed by atoms with Crippen LogP contribution in [0.25, 0.3) is 5.82 Å². The number of imidazole rings is 1. The third-order valence-electron chi connectivity index (χ3n) is 5.15. The van der Waals surface area contributed by atoms with Crippen LogP contribution in [-0.4, -0.2) is 19.3 Å². The minimum atomic E-state index is -0.0321. The molecule has 0 bridgehead atoms. The first kappa shape index (κ1) is 15.8. The van der Waals surface area contributed by atoms with Gasteiger partial charge in [-0.05, 0) is 55.7 Å². The summed E-state index contributed by atoms with van der Waals surface area (Å²) in [6.45, 7) is 4.30. The fourth-order valence-corrected chi connectivity index (χ4v) is 3.87. The van der Waals surface area contributed by atoms with Crippen LogP contribution in [0.2, 0.25) is 0 Å². The van der Waals surface area contributed by atoms with Gasteiger partial charge in [-0.15, -0.1) is 0 Å². The number of aromatic nitrogens is 4. The maximum atomic E-state index is 12.8. The molecule has 0 amide bonds. The molecule has 3 aromatic rings. The van der Waals surface area contributed by atoms with Crippen molar-refractivity contribution in [1.29, 1.82) is 0 Å². The second-order valence-corrected chi connectivity index (χ2v) is 7.06. The Bertz CT molecular complexity index is 999. The average molecular weight is 334 g/mol. The van der Waals surface area contributed by atoms with E-state index in [1.807, 2.05) is 24.0 Å². The molecular formula is C20H22N4O. The van der Waals surface area contributed by atoms with Crippen molar-refractivity contribution in [2.75, 3.05) is 0 Å². The first-order valence-corrected chi connectivity index (χ1v) is 8.68. The summed E-state index contributed by atoms with van der Waals surface area (Å²) >= 11 is 0. The Balaban J connectivity index is 1.69. The molecule has 5 nitrogen and oxygen atoms in total. The zero-order valence-electron chi connectivity index (χ0n) is 14.9. The maximum absolute atomic E-state index is 12.8. The maximum Gasteiger partial charge on any atom is 0.276 e. The van der Waals surface area contributed by atoms with Crippen LogP contribution in [0.1, 0.15) is 40.2 Å². The van der Waals surface area contributed by atoms with E-state index in [0.717, 1.165) is 30.4 Å². The molecule has 5 heteroatoms. The molecule has 0 radical (unpaired) electrons. The largest absolute Gasteiger partial charge is 0.338 e. The van der Waals surface area contributed by atoms with Crippen LogP contribution in [0.3, 0.4) is 0 Å². The van der Waals surface area contributed by atoms with Crippen LogP contribution in [0, 0.1) is 13.8 Å². The molecule has 2 aromatic heterocycles. The molecule has 0 fully saturated rings. The monoisotopic (exact) mass is 334 g/mol. The lowest BCUT2D eigenvalue weighted by atomic mass is 9.79. The topological polar surface area (TPSA) is 52.7 Å². The summed E-state index contributed by atoms with van der Waals surface area (Å²) in [6.07, 6.45) is 8.01. The summed E-state index contributed by atoms with van der Waals surface area (Å²) in [5.41, 5.74) is 5.95. The van der Waals surface area contributed by atoms with Crippen LogP contribution in [0.5, 0.6) is 0 Å². The summed E-state index contributed by atoms with van der Waals surface area (Å²) in [7, 11) is 1.88. The van der Waals surface area contributed by atoms with Crippen molar-refractivity contribution < 1.29 is 0 Å². The third kappa shape index (κ3) is 2.80. The van der Waals surface area contributed by atoms with Gasteiger partial charge in [-0.3, -0.25) is 4.79 Å². The van der Waals surface area contributed by atoms with Gasteiger partial charge in [0, 0.05) is 18.8 Å². The molecule has 128 valence electrons. The number of hydrogen-bond donors (Lipinski definition) is 0. The van der Waals surface area contributed by atoms with Crippen molar-refractivity contribution in [3.8, 4) is 5.82 Å². The molecule has 0 N–H and O–H groups in total. The van der Waals surface area contributed by atoms with Gasteiger partial charge < -0.3 is 4.57 Å².